The predicted molar refractivity (Wildman–Crippen MR) is 96.4 cm³/mol. The Bertz CT molecular complexity index is 793. The Labute approximate surface area is 147 Å². The van der Waals surface area contributed by atoms with Crippen molar-refractivity contribution in [2.24, 2.45) is 0 Å². The zero-order chi connectivity index (χ0) is 16.2. The van der Waals surface area contributed by atoms with Gasteiger partial charge in [-0.05, 0) is 58.8 Å². The molecule has 1 aromatic heterocycles. The van der Waals surface area contributed by atoms with Crippen LogP contribution >= 0.6 is 22.6 Å². The highest BCUT2D eigenvalue weighted by atomic mass is 127. The Morgan fingerprint density at radius 2 is 2.00 bits per heavy atom. The van der Waals surface area contributed by atoms with E-state index in [1.54, 1.807) is 11.0 Å². The van der Waals surface area contributed by atoms with E-state index in [4.69, 9.17) is 0 Å². The first-order valence-corrected chi connectivity index (χ1v) is 8.20. The molecule has 0 bridgehead atoms. The van der Waals surface area contributed by atoms with E-state index < -0.39 is 0 Å². The highest BCUT2D eigenvalue weighted by Gasteiger charge is 2.12. The van der Waals surface area contributed by atoms with Crippen LogP contribution in [0.25, 0.3) is 5.69 Å². The third-order valence-electron chi connectivity index (χ3n) is 3.52. The summed E-state index contributed by atoms with van der Waals surface area (Å²) in [6.45, 7) is 2.44. The minimum atomic E-state index is -0.0483. The van der Waals surface area contributed by atoms with Crippen molar-refractivity contribution in [3.63, 3.8) is 0 Å². The second-order valence-electron chi connectivity index (χ2n) is 5.12. The summed E-state index contributed by atoms with van der Waals surface area (Å²) in [5.74, 6) is -0.0483. The zero-order valence-corrected chi connectivity index (χ0v) is 14.7. The monoisotopic (exact) mass is 418 g/mol. The molecule has 116 valence electrons. The smallest absolute Gasteiger partial charge is 0.252 e. The minimum Gasteiger partial charge on any atom is -0.348 e. The lowest BCUT2D eigenvalue weighted by atomic mass is 10.1. The first-order chi connectivity index (χ1) is 11.1. The third-order valence-corrected chi connectivity index (χ3v) is 4.42. The maximum atomic E-state index is 12.4. The number of hydrogen-bond acceptors (Lipinski definition) is 3. The Hall–Kier alpha value is -2.22. The van der Waals surface area contributed by atoms with E-state index >= 15 is 0 Å². The van der Waals surface area contributed by atoms with Crippen molar-refractivity contribution in [3.8, 4) is 5.69 Å². The van der Waals surface area contributed by atoms with E-state index in [9.17, 15) is 4.79 Å². The van der Waals surface area contributed by atoms with Crippen LogP contribution in [0, 0.1) is 10.5 Å². The van der Waals surface area contributed by atoms with E-state index in [2.05, 4.69) is 38.0 Å². The largest absolute Gasteiger partial charge is 0.348 e. The van der Waals surface area contributed by atoms with Gasteiger partial charge in [0.2, 0.25) is 0 Å². The number of nitrogens with one attached hydrogen (secondary N) is 1. The quantitative estimate of drug-likeness (QED) is 0.663. The zero-order valence-electron chi connectivity index (χ0n) is 12.5. The molecule has 0 unspecified atom stereocenters. The number of halogens is 1. The van der Waals surface area contributed by atoms with Crippen LogP contribution in [0.5, 0.6) is 0 Å². The molecule has 0 aliphatic heterocycles. The van der Waals surface area contributed by atoms with Gasteiger partial charge in [0, 0.05) is 10.1 Å². The van der Waals surface area contributed by atoms with Gasteiger partial charge in [0.05, 0.1) is 11.3 Å². The summed E-state index contributed by atoms with van der Waals surface area (Å²) in [5.41, 5.74) is 3.69. The first-order valence-electron chi connectivity index (χ1n) is 7.12. The average molecular weight is 418 g/mol. The van der Waals surface area contributed by atoms with E-state index in [0.717, 1.165) is 25.9 Å². The summed E-state index contributed by atoms with van der Waals surface area (Å²) >= 11 is 2.19. The summed E-state index contributed by atoms with van der Waals surface area (Å²) in [6.07, 6.45) is 3.15. The summed E-state index contributed by atoms with van der Waals surface area (Å²) in [4.78, 5) is 16.3. The number of nitrogens with zero attached hydrogens (tertiary/aromatic N) is 3. The number of carbonyl (C=O) groups is 1. The topological polar surface area (TPSA) is 59.8 Å². The predicted octanol–water partition coefficient (Wildman–Crippen LogP) is 3.11. The lowest BCUT2D eigenvalue weighted by Gasteiger charge is -2.10. The van der Waals surface area contributed by atoms with Crippen LogP contribution in [0.15, 0.2) is 55.1 Å². The number of benzene rings is 2. The van der Waals surface area contributed by atoms with Crippen LogP contribution in [0.1, 0.15) is 21.5 Å². The lowest BCUT2D eigenvalue weighted by Crippen LogP contribution is -2.24. The summed E-state index contributed by atoms with van der Waals surface area (Å²) < 4.78 is 2.65. The van der Waals surface area contributed by atoms with Crippen LogP contribution in [0.3, 0.4) is 0 Å². The normalized spacial score (nSPS) is 10.5. The molecule has 23 heavy (non-hydrogen) atoms. The molecule has 0 aliphatic rings. The van der Waals surface area contributed by atoms with Crippen molar-refractivity contribution in [1.82, 2.24) is 20.1 Å². The number of carbonyl (C=O) groups excluding carboxylic acids is 1. The molecule has 0 saturated heterocycles. The molecule has 5 nitrogen and oxygen atoms in total. The molecule has 3 rings (SSSR count). The number of rotatable bonds is 4. The fraction of sp³-hybridized carbons (Fsp3) is 0.118. The van der Waals surface area contributed by atoms with E-state index in [1.807, 2.05) is 49.4 Å². The summed E-state index contributed by atoms with van der Waals surface area (Å²) in [5, 5.41) is 7.06. The van der Waals surface area contributed by atoms with Crippen LogP contribution in [0.2, 0.25) is 0 Å². The van der Waals surface area contributed by atoms with Gasteiger partial charge in [0.15, 0.2) is 0 Å². The van der Waals surface area contributed by atoms with Gasteiger partial charge in [0.1, 0.15) is 12.7 Å². The molecule has 1 heterocycles. The standard InChI is InChI=1S/C17H15IN4O/c1-12-3-2-4-15(18)16(12)17(23)20-9-13-5-7-14(8-6-13)22-11-19-10-21-22/h2-8,10-11H,9H2,1H3,(H,20,23). The molecular weight excluding hydrogens is 403 g/mol. The summed E-state index contributed by atoms with van der Waals surface area (Å²) in [7, 11) is 0. The molecular formula is C17H15IN4O. The highest BCUT2D eigenvalue weighted by molar-refractivity contribution is 14.1. The van der Waals surface area contributed by atoms with Crippen molar-refractivity contribution >= 4 is 28.5 Å². The maximum Gasteiger partial charge on any atom is 0.252 e. The average Bonchev–Trinajstić information content (AvgIpc) is 3.08. The molecule has 0 aliphatic carbocycles. The van der Waals surface area contributed by atoms with E-state index in [1.165, 1.54) is 6.33 Å². The molecule has 0 spiro atoms. The van der Waals surface area contributed by atoms with Crippen molar-refractivity contribution in [2.45, 2.75) is 13.5 Å². The summed E-state index contributed by atoms with van der Waals surface area (Å²) in [6, 6.07) is 13.7. The second-order valence-corrected chi connectivity index (χ2v) is 6.28. The number of aromatic nitrogens is 3. The maximum absolute atomic E-state index is 12.4. The fourth-order valence-corrected chi connectivity index (χ4v) is 3.18. The molecule has 0 atom stereocenters. The van der Waals surface area contributed by atoms with Gasteiger partial charge in [-0.1, -0.05) is 24.3 Å². The molecule has 1 N–H and O–H groups in total. The van der Waals surface area contributed by atoms with Gasteiger partial charge in [-0.3, -0.25) is 4.79 Å². The van der Waals surface area contributed by atoms with Gasteiger partial charge >= 0.3 is 0 Å². The third kappa shape index (κ3) is 3.58. The van der Waals surface area contributed by atoms with Gasteiger partial charge < -0.3 is 5.32 Å². The molecule has 0 saturated carbocycles. The first kappa shape index (κ1) is 15.7. The van der Waals surface area contributed by atoms with Crippen LogP contribution in [0.4, 0.5) is 0 Å². The van der Waals surface area contributed by atoms with Gasteiger partial charge in [-0.25, -0.2) is 9.67 Å². The van der Waals surface area contributed by atoms with Crippen molar-refractivity contribution in [1.29, 1.82) is 0 Å². The van der Waals surface area contributed by atoms with Gasteiger partial charge in [0.25, 0.3) is 5.91 Å². The molecule has 6 heteroatoms. The second kappa shape index (κ2) is 6.91. The van der Waals surface area contributed by atoms with Crippen molar-refractivity contribution in [2.75, 3.05) is 0 Å². The highest BCUT2D eigenvalue weighted by Crippen LogP contribution is 2.16. The fourth-order valence-electron chi connectivity index (χ4n) is 2.30. The van der Waals surface area contributed by atoms with Gasteiger partial charge in [-0.2, -0.15) is 5.10 Å². The van der Waals surface area contributed by atoms with Crippen LogP contribution in [-0.2, 0) is 6.54 Å². The van der Waals surface area contributed by atoms with Crippen molar-refractivity contribution < 1.29 is 4.79 Å². The van der Waals surface area contributed by atoms with Crippen LogP contribution < -0.4 is 5.32 Å². The Morgan fingerprint density at radius 1 is 1.22 bits per heavy atom. The number of amides is 1. The Balaban J connectivity index is 1.67. The number of hydrogen-bond donors (Lipinski definition) is 1. The molecule has 0 fully saturated rings. The lowest BCUT2D eigenvalue weighted by molar-refractivity contribution is 0.0949. The van der Waals surface area contributed by atoms with Gasteiger partial charge in [-0.15, -0.1) is 0 Å². The van der Waals surface area contributed by atoms with E-state index in [-0.39, 0.29) is 5.91 Å². The molecule has 2 aromatic carbocycles. The Morgan fingerprint density at radius 3 is 2.65 bits per heavy atom. The minimum absolute atomic E-state index is 0.0483. The molecule has 3 aromatic rings. The SMILES string of the molecule is Cc1cccc(I)c1C(=O)NCc1ccc(-n2cncn2)cc1. The molecule has 0 radical (unpaired) electrons. The Kier molecular flexibility index (Phi) is 4.71. The van der Waals surface area contributed by atoms with Crippen molar-refractivity contribution in [3.05, 3.63) is 75.4 Å². The number of aryl methyl sites for hydroxylation is 1. The van der Waals surface area contributed by atoms with E-state index in [0.29, 0.717) is 6.54 Å². The van der Waals surface area contributed by atoms with Crippen LogP contribution in [-0.4, -0.2) is 20.7 Å². The molecule has 1 amide bonds.